The van der Waals surface area contributed by atoms with Crippen LogP contribution in [0, 0.1) is 0 Å². The van der Waals surface area contributed by atoms with E-state index in [1.54, 1.807) is 4.90 Å². The molecule has 0 radical (unpaired) electrons. The lowest BCUT2D eigenvalue weighted by Crippen LogP contribution is -2.47. The summed E-state index contributed by atoms with van der Waals surface area (Å²) in [6.45, 7) is 0.907. The number of nitrogens with one attached hydrogen (secondary N) is 1. The lowest BCUT2D eigenvalue weighted by atomic mass is 10.1. The summed E-state index contributed by atoms with van der Waals surface area (Å²) >= 11 is 0.921. The fraction of sp³-hybridized carbons (Fsp3) is 0.700. The van der Waals surface area contributed by atoms with Crippen molar-refractivity contribution in [3.8, 4) is 0 Å². The van der Waals surface area contributed by atoms with E-state index in [4.69, 9.17) is 0 Å². The van der Waals surface area contributed by atoms with Crippen molar-refractivity contribution in [3.63, 3.8) is 0 Å². The summed E-state index contributed by atoms with van der Waals surface area (Å²) in [5.74, 6) is 0. The molecule has 0 bridgehead atoms. The van der Waals surface area contributed by atoms with Gasteiger partial charge in [-0.1, -0.05) is 0 Å². The van der Waals surface area contributed by atoms with E-state index in [2.05, 4.69) is 9.71 Å². The Morgan fingerprint density at radius 3 is 2.75 bits per heavy atom. The Morgan fingerprint density at radius 1 is 1.50 bits per heavy atom. The first-order valence-corrected chi connectivity index (χ1v) is 8.67. The smallest absolute Gasteiger partial charge is 0.346 e. The molecule has 0 spiro atoms. The molecule has 5 nitrogen and oxygen atoms in total. The van der Waals surface area contributed by atoms with E-state index in [1.807, 2.05) is 0 Å². The number of halogens is 3. The van der Waals surface area contributed by atoms with Gasteiger partial charge in [0.1, 0.15) is 0 Å². The Bertz CT molecular complexity index is 571. The molecule has 1 aromatic rings. The van der Waals surface area contributed by atoms with Crippen molar-refractivity contribution in [2.45, 2.75) is 25.1 Å². The van der Waals surface area contributed by atoms with Gasteiger partial charge < -0.3 is 4.90 Å². The van der Waals surface area contributed by atoms with Crippen LogP contribution < -0.4 is 9.62 Å². The summed E-state index contributed by atoms with van der Waals surface area (Å²) in [5.41, 5.74) is -0.907. The molecular weight excluding hydrogens is 315 g/mol. The Kier molecular flexibility index (Phi) is 4.26. The molecule has 0 aromatic carbocycles. The van der Waals surface area contributed by atoms with Crippen LogP contribution in [0.4, 0.5) is 18.3 Å². The predicted octanol–water partition coefficient (Wildman–Crippen LogP) is 1.68. The van der Waals surface area contributed by atoms with Crippen LogP contribution in [0.3, 0.4) is 0 Å². The molecule has 0 saturated carbocycles. The van der Waals surface area contributed by atoms with Crippen LogP contribution in [0.2, 0.25) is 0 Å². The molecule has 0 aliphatic carbocycles. The van der Waals surface area contributed by atoms with Gasteiger partial charge in [-0.15, -0.1) is 11.3 Å². The molecule has 1 aromatic heterocycles. The van der Waals surface area contributed by atoms with Gasteiger partial charge in [0.2, 0.25) is 10.0 Å². The van der Waals surface area contributed by atoms with E-state index in [0.717, 1.165) is 23.0 Å². The highest BCUT2D eigenvalue weighted by atomic mass is 32.2. The zero-order chi connectivity index (χ0) is 15.0. The minimum atomic E-state index is -4.45. The molecule has 114 valence electrons. The Labute approximate surface area is 118 Å². The van der Waals surface area contributed by atoms with E-state index in [9.17, 15) is 21.6 Å². The Morgan fingerprint density at radius 2 is 2.20 bits per heavy atom. The maximum atomic E-state index is 12.5. The van der Waals surface area contributed by atoms with Gasteiger partial charge in [0.05, 0.1) is 6.26 Å². The second-order valence-electron chi connectivity index (χ2n) is 4.69. The summed E-state index contributed by atoms with van der Waals surface area (Å²) in [6.07, 6.45) is -2.01. The lowest BCUT2D eigenvalue weighted by Gasteiger charge is -2.32. The number of piperidine rings is 1. The van der Waals surface area contributed by atoms with Crippen molar-refractivity contribution in [3.05, 3.63) is 11.1 Å². The summed E-state index contributed by atoms with van der Waals surface area (Å²) in [7, 11) is -3.32. The molecule has 2 heterocycles. The monoisotopic (exact) mass is 329 g/mol. The van der Waals surface area contributed by atoms with Gasteiger partial charge in [0, 0.05) is 24.5 Å². The highest BCUT2D eigenvalue weighted by Gasteiger charge is 2.35. The lowest BCUT2D eigenvalue weighted by molar-refractivity contribution is -0.140. The van der Waals surface area contributed by atoms with Gasteiger partial charge in [-0.05, 0) is 12.8 Å². The van der Waals surface area contributed by atoms with Gasteiger partial charge in [-0.3, -0.25) is 0 Å². The average molecular weight is 329 g/mol. The number of hydrogen-bond acceptors (Lipinski definition) is 5. The number of nitrogens with zero attached hydrogens (tertiary/aromatic N) is 2. The summed E-state index contributed by atoms with van der Waals surface area (Å²) in [5, 5.41) is 1.25. The SMILES string of the molecule is CS(=O)(=O)NC1CCCN(c2nc(C(F)(F)F)cs2)C1. The van der Waals surface area contributed by atoms with E-state index >= 15 is 0 Å². The molecule has 1 N–H and O–H groups in total. The topological polar surface area (TPSA) is 62.3 Å². The highest BCUT2D eigenvalue weighted by molar-refractivity contribution is 7.88. The molecule has 20 heavy (non-hydrogen) atoms. The summed E-state index contributed by atoms with van der Waals surface area (Å²) in [6, 6.07) is -0.294. The number of anilines is 1. The highest BCUT2D eigenvalue weighted by Crippen LogP contribution is 2.33. The van der Waals surface area contributed by atoms with Gasteiger partial charge in [0.25, 0.3) is 0 Å². The Balaban J connectivity index is 2.07. The quantitative estimate of drug-likeness (QED) is 0.916. The first-order valence-electron chi connectivity index (χ1n) is 5.90. The zero-order valence-electron chi connectivity index (χ0n) is 10.6. The van der Waals surface area contributed by atoms with Crippen molar-refractivity contribution >= 4 is 26.5 Å². The van der Waals surface area contributed by atoms with E-state index in [1.165, 1.54) is 0 Å². The molecule has 1 fully saturated rings. The molecule has 0 amide bonds. The number of rotatable bonds is 3. The van der Waals surface area contributed by atoms with Crippen LogP contribution in [-0.4, -0.2) is 38.8 Å². The van der Waals surface area contributed by atoms with E-state index in [-0.39, 0.29) is 11.2 Å². The average Bonchev–Trinajstić information content (AvgIpc) is 2.75. The van der Waals surface area contributed by atoms with Crippen LogP contribution >= 0.6 is 11.3 Å². The number of hydrogen-bond donors (Lipinski definition) is 1. The van der Waals surface area contributed by atoms with Gasteiger partial charge in [0.15, 0.2) is 10.8 Å². The van der Waals surface area contributed by atoms with Crippen molar-refractivity contribution in [2.24, 2.45) is 0 Å². The predicted molar refractivity (Wildman–Crippen MR) is 70.3 cm³/mol. The third-order valence-corrected chi connectivity index (χ3v) is 4.52. The van der Waals surface area contributed by atoms with Crippen molar-refractivity contribution in [1.29, 1.82) is 0 Å². The standard InChI is InChI=1S/C10H14F3N3O2S2/c1-20(17,18)15-7-3-2-4-16(5-7)9-14-8(6-19-9)10(11,12)13/h6-7,15H,2-5H2,1H3. The van der Waals surface area contributed by atoms with Crippen LogP contribution in [0.25, 0.3) is 0 Å². The molecule has 1 unspecified atom stereocenters. The molecule has 1 aliphatic rings. The number of sulfonamides is 1. The number of alkyl halides is 3. The first kappa shape index (κ1) is 15.5. The van der Waals surface area contributed by atoms with Crippen molar-refractivity contribution in [1.82, 2.24) is 9.71 Å². The van der Waals surface area contributed by atoms with Gasteiger partial charge in [-0.2, -0.15) is 13.2 Å². The molecule has 10 heteroatoms. The second kappa shape index (κ2) is 5.49. The van der Waals surface area contributed by atoms with E-state index in [0.29, 0.717) is 25.9 Å². The van der Waals surface area contributed by atoms with Gasteiger partial charge >= 0.3 is 6.18 Å². The fourth-order valence-electron chi connectivity index (χ4n) is 2.09. The van der Waals surface area contributed by atoms with Crippen LogP contribution in [0.1, 0.15) is 18.5 Å². The maximum absolute atomic E-state index is 12.5. The number of thiazole rings is 1. The van der Waals surface area contributed by atoms with Crippen LogP contribution in [0.15, 0.2) is 5.38 Å². The zero-order valence-corrected chi connectivity index (χ0v) is 12.3. The minimum Gasteiger partial charge on any atom is -0.346 e. The molecule has 1 saturated heterocycles. The maximum Gasteiger partial charge on any atom is 0.434 e. The third kappa shape index (κ3) is 4.06. The van der Waals surface area contributed by atoms with E-state index < -0.39 is 21.9 Å². The molecular formula is C10H14F3N3O2S2. The molecule has 1 atom stereocenters. The largest absolute Gasteiger partial charge is 0.434 e. The minimum absolute atomic E-state index is 0.275. The third-order valence-electron chi connectivity index (χ3n) is 2.86. The van der Waals surface area contributed by atoms with Crippen molar-refractivity contribution < 1.29 is 21.6 Å². The number of aromatic nitrogens is 1. The van der Waals surface area contributed by atoms with Gasteiger partial charge in [-0.25, -0.2) is 18.1 Å². The normalized spacial score (nSPS) is 21.2. The summed E-state index contributed by atoms with van der Waals surface area (Å²) < 4.78 is 62.4. The molecule has 2 rings (SSSR count). The van der Waals surface area contributed by atoms with Crippen LogP contribution in [0.5, 0.6) is 0 Å². The summed E-state index contributed by atoms with van der Waals surface area (Å²) in [4.78, 5) is 5.27. The fourth-order valence-corrected chi connectivity index (χ4v) is 3.76. The Hall–Kier alpha value is -0.870. The molecule has 1 aliphatic heterocycles. The second-order valence-corrected chi connectivity index (χ2v) is 7.30. The van der Waals surface area contributed by atoms with Crippen LogP contribution in [-0.2, 0) is 16.2 Å². The first-order chi connectivity index (χ1) is 9.15. The van der Waals surface area contributed by atoms with Crippen molar-refractivity contribution in [2.75, 3.05) is 24.2 Å².